The number of nitrogens with two attached hydrogens (primary N) is 1. The third-order valence-corrected chi connectivity index (χ3v) is 2.19. The summed E-state index contributed by atoms with van der Waals surface area (Å²) >= 11 is 0. The summed E-state index contributed by atoms with van der Waals surface area (Å²) in [5.41, 5.74) is 6.02. The number of nitrogen functional groups attached to an aromatic ring is 1. The van der Waals surface area contributed by atoms with Gasteiger partial charge in [0.1, 0.15) is 11.5 Å². The van der Waals surface area contributed by atoms with Crippen LogP contribution in [0.3, 0.4) is 0 Å². The summed E-state index contributed by atoms with van der Waals surface area (Å²) in [6.45, 7) is 0. The van der Waals surface area contributed by atoms with Crippen molar-refractivity contribution in [2.24, 2.45) is 7.05 Å². The molecule has 2 aromatic rings. The third kappa shape index (κ3) is 2.33. The van der Waals surface area contributed by atoms with Crippen molar-refractivity contribution < 1.29 is 4.79 Å². The Morgan fingerprint density at radius 1 is 1.53 bits per heavy atom. The van der Waals surface area contributed by atoms with Gasteiger partial charge in [-0.05, 0) is 6.07 Å². The summed E-state index contributed by atoms with van der Waals surface area (Å²) < 4.78 is 1.37. The number of H-pyrrole nitrogens is 1. The van der Waals surface area contributed by atoms with Crippen molar-refractivity contribution in [3.63, 3.8) is 0 Å². The summed E-state index contributed by atoms with van der Waals surface area (Å²) in [5, 5.41) is 8.76. The standard InChI is InChI=1S/C10H11N5O2/c1-15-5-6(2-3-9(15)16)12-10(17)7-4-8(11)14-13-7/h2-5H,1H3,(H,12,17)(H3,11,13,14). The maximum atomic E-state index is 11.7. The molecule has 7 nitrogen and oxygen atoms in total. The molecule has 1 amide bonds. The normalized spacial score (nSPS) is 10.2. The minimum atomic E-state index is -0.368. The predicted octanol–water partition coefficient (Wildman–Crippen LogP) is -0.0571. The lowest BCUT2D eigenvalue weighted by Gasteiger charge is -2.04. The number of nitrogens with one attached hydrogen (secondary N) is 2. The number of hydrogen-bond donors (Lipinski definition) is 3. The predicted molar refractivity (Wildman–Crippen MR) is 62.6 cm³/mol. The molecule has 0 saturated heterocycles. The van der Waals surface area contributed by atoms with Crippen molar-refractivity contribution in [1.29, 1.82) is 0 Å². The fraction of sp³-hybridized carbons (Fsp3) is 0.100. The number of anilines is 2. The topological polar surface area (TPSA) is 106 Å². The summed E-state index contributed by atoms with van der Waals surface area (Å²) in [6, 6.07) is 4.33. The molecule has 0 atom stereocenters. The highest BCUT2D eigenvalue weighted by Gasteiger charge is 2.09. The SMILES string of the molecule is Cn1cc(NC(=O)c2cc(N)n[nH]2)ccc1=O. The highest BCUT2D eigenvalue weighted by molar-refractivity contribution is 6.03. The average molecular weight is 233 g/mol. The highest BCUT2D eigenvalue weighted by atomic mass is 16.2. The van der Waals surface area contributed by atoms with E-state index in [0.29, 0.717) is 5.69 Å². The Kier molecular flexibility index (Phi) is 2.65. The van der Waals surface area contributed by atoms with Crippen molar-refractivity contribution in [3.05, 3.63) is 40.4 Å². The molecule has 0 unspecified atom stereocenters. The number of carbonyl (C=O) groups is 1. The van der Waals surface area contributed by atoms with Gasteiger partial charge in [-0.2, -0.15) is 5.10 Å². The van der Waals surface area contributed by atoms with Gasteiger partial charge in [0.2, 0.25) is 5.56 Å². The first-order chi connectivity index (χ1) is 8.06. The number of aryl methyl sites for hydroxylation is 1. The lowest BCUT2D eigenvalue weighted by molar-refractivity contribution is 0.102. The fourth-order valence-electron chi connectivity index (χ4n) is 1.32. The zero-order valence-electron chi connectivity index (χ0n) is 9.10. The second kappa shape index (κ2) is 4.12. The molecule has 0 aliphatic rings. The number of amides is 1. The molecule has 17 heavy (non-hydrogen) atoms. The van der Waals surface area contributed by atoms with E-state index < -0.39 is 0 Å². The maximum absolute atomic E-state index is 11.7. The van der Waals surface area contributed by atoms with E-state index in [9.17, 15) is 9.59 Å². The quantitative estimate of drug-likeness (QED) is 0.675. The highest BCUT2D eigenvalue weighted by Crippen LogP contribution is 2.06. The number of carbonyl (C=O) groups excluding carboxylic acids is 1. The molecule has 0 radical (unpaired) electrons. The van der Waals surface area contributed by atoms with Gasteiger partial charge in [0.05, 0.1) is 5.69 Å². The van der Waals surface area contributed by atoms with Gasteiger partial charge in [0.15, 0.2) is 0 Å². The first-order valence-electron chi connectivity index (χ1n) is 4.85. The number of aromatic nitrogens is 3. The van der Waals surface area contributed by atoms with Crippen molar-refractivity contribution in [2.75, 3.05) is 11.1 Å². The molecule has 2 rings (SSSR count). The van der Waals surface area contributed by atoms with E-state index >= 15 is 0 Å². The van der Waals surface area contributed by atoms with Crippen molar-refractivity contribution >= 4 is 17.4 Å². The van der Waals surface area contributed by atoms with Gasteiger partial charge in [-0.25, -0.2) is 0 Å². The molecule has 0 spiro atoms. The van der Waals surface area contributed by atoms with Crippen molar-refractivity contribution in [1.82, 2.24) is 14.8 Å². The molecular formula is C10H11N5O2. The Hall–Kier alpha value is -2.57. The number of hydrogen-bond acceptors (Lipinski definition) is 4. The van der Waals surface area contributed by atoms with Gasteiger partial charge in [-0.15, -0.1) is 0 Å². The fourth-order valence-corrected chi connectivity index (χ4v) is 1.32. The van der Waals surface area contributed by atoms with E-state index in [1.165, 1.54) is 29.0 Å². The van der Waals surface area contributed by atoms with Crippen molar-refractivity contribution in [2.45, 2.75) is 0 Å². The lowest BCUT2D eigenvalue weighted by Crippen LogP contribution is -2.18. The Morgan fingerprint density at radius 2 is 2.29 bits per heavy atom. The molecule has 2 aromatic heterocycles. The number of pyridine rings is 1. The first kappa shape index (κ1) is 10.9. The van der Waals surface area contributed by atoms with Crippen LogP contribution in [0.5, 0.6) is 0 Å². The van der Waals surface area contributed by atoms with Crippen LogP contribution < -0.4 is 16.6 Å². The Labute approximate surface area is 96.3 Å². The maximum Gasteiger partial charge on any atom is 0.273 e. The van der Waals surface area contributed by atoms with Crippen LogP contribution in [0, 0.1) is 0 Å². The first-order valence-corrected chi connectivity index (χ1v) is 4.85. The molecule has 0 bridgehead atoms. The summed E-state index contributed by atoms with van der Waals surface area (Å²) in [4.78, 5) is 22.8. The van der Waals surface area contributed by atoms with Gasteiger partial charge in [0.25, 0.3) is 5.91 Å². The minimum absolute atomic E-state index is 0.145. The summed E-state index contributed by atoms with van der Waals surface area (Å²) in [7, 11) is 1.60. The van der Waals surface area contributed by atoms with E-state index in [1.54, 1.807) is 7.05 Å². The molecular weight excluding hydrogens is 222 g/mol. The van der Waals surface area contributed by atoms with Crippen LogP contribution in [0.1, 0.15) is 10.5 Å². The van der Waals surface area contributed by atoms with Gasteiger partial charge >= 0.3 is 0 Å². The largest absolute Gasteiger partial charge is 0.382 e. The van der Waals surface area contributed by atoms with Crippen LogP contribution in [0.15, 0.2) is 29.2 Å². The monoisotopic (exact) mass is 233 g/mol. The second-order valence-electron chi connectivity index (χ2n) is 3.53. The summed E-state index contributed by atoms with van der Waals surface area (Å²) in [6.07, 6.45) is 1.53. The molecule has 0 aromatic carbocycles. The minimum Gasteiger partial charge on any atom is -0.382 e. The zero-order valence-corrected chi connectivity index (χ0v) is 9.10. The van der Waals surface area contributed by atoms with Crippen LogP contribution in [0.4, 0.5) is 11.5 Å². The van der Waals surface area contributed by atoms with Crippen LogP contribution in [0.2, 0.25) is 0 Å². The van der Waals surface area contributed by atoms with E-state index in [-0.39, 0.29) is 23.0 Å². The third-order valence-electron chi connectivity index (χ3n) is 2.19. The van der Waals surface area contributed by atoms with Gasteiger partial charge in [0, 0.05) is 25.4 Å². The molecule has 88 valence electrons. The molecule has 4 N–H and O–H groups in total. The van der Waals surface area contributed by atoms with Crippen LogP contribution >= 0.6 is 0 Å². The molecule has 0 saturated carbocycles. The van der Waals surface area contributed by atoms with E-state index in [0.717, 1.165) is 0 Å². The van der Waals surface area contributed by atoms with E-state index in [4.69, 9.17) is 5.73 Å². The van der Waals surface area contributed by atoms with Gasteiger partial charge in [-0.3, -0.25) is 14.7 Å². The number of nitrogens with zero attached hydrogens (tertiary/aromatic N) is 2. The Balaban J connectivity index is 2.18. The average Bonchev–Trinajstić information content (AvgIpc) is 2.70. The number of aromatic amines is 1. The smallest absolute Gasteiger partial charge is 0.273 e. The second-order valence-corrected chi connectivity index (χ2v) is 3.53. The van der Waals surface area contributed by atoms with E-state index in [1.807, 2.05) is 0 Å². The Morgan fingerprint density at radius 3 is 2.88 bits per heavy atom. The molecule has 0 aliphatic heterocycles. The van der Waals surface area contributed by atoms with E-state index in [2.05, 4.69) is 15.5 Å². The molecule has 2 heterocycles. The number of rotatable bonds is 2. The van der Waals surface area contributed by atoms with Gasteiger partial charge in [-0.1, -0.05) is 0 Å². The van der Waals surface area contributed by atoms with Crippen LogP contribution in [-0.4, -0.2) is 20.7 Å². The van der Waals surface area contributed by atoms with Crippen LogP contribution in [-0.2, 0) is 7.05 Å². The summed E-state index contributed by atoms with van der Waals surface area (Å²) in [5.74, 6) is -0.122. The van der Waals surface area contributed by atoms with Crippen molar-refractivity contribution in [3.8, 4) is 0 Å². The molecule has 7 heteroatoms. The van der Waals surface area contributed by atoms with Gasteiger partial charge < -0.3 is 15.6 Å². The zero-order chi connectivity index (χ0) is 12.4. The molecule has 0 aliphatic carbocycles. The molecule has 0 fully saturated rings. The Bertz CT molecular complexity index is 613. The lowest BCUT2D eigenvalue weighted by atomic mass is 10.3. The van der Waals surface area contributed by atoms with Crippen LogP contribution in [0.25, 0.3) is 0 Å².